The van der Waals surface area contributed by atoms with Gasteiger partial charge in [-0.05, 0) is 46.5 Å². The zero-order chi connectivity index (χ0) is 31.3. The molecule has 2 aliphatic heterocycles. The molecule has 4 rings (SSSR count). The number of hydrogen-bond donors (Lipinski definition) is 2. The molecule has 0 aliphatic carbocycles. The Labute approximate surface area is 250 Å². The van der Waals surface area contributed by atoms with Crippen LogP contribution in [0.15, 0.2) is 24.3 Å². The average molecular weight is 599 g/mol. The molecule has 12 heteroatoms. The number of carboxylic acid groups (broad SMARTS) is 2. The Morgan fingerprint density at radius 2 is 0.977 bits per heavy atom. The molecule has 0 fully saturated rings. The van der Waals surface area contributed by atoms with Crippen LogP contribution in [0.25, 0.3) is 0 Å². The van der Waals surface area contributed by atoms with Crippen molar-refractivity contribution in [3.8, 4) is 23.0 Å². The van der Waals surface area contributed by atoms with Crippen molar-refractivity contribution in [1.82, 2.24) is 9.80 Å². The topological polar surface area (TPSA) is 152 Å². The number of amides is 2. The van der Waals surface area contributed by atoms with Crippen molar-refractivity contribution in [2.45, 2.75) is 59.3 Å². The fourth-order valence-electron chi connectivity index (χ4n) is 5.09. The Balaban J connectivity index is 1.30. The van der Waals surface area contributed by atoms with E-state index in [9.17, 15) is 19.2 Å². The van der Waals surface area contributed by atoms with Crippen LogP contribution in [0.3, 0.4) is 0 Å². The summed E-state index contributed by atoms with van der Waals surface area (Å²) in [4.78, 5) is 50.7. The second-order valence-corrected chi connectivity index (χ2v) is 11.0. The lowest BCUT2D eigenvalue weighted by atomic mass is 10.1. The number of fused-ring (bicyclic) bond motifs is 2. The summed E-state index contributed by atoms with van der Waals surface area (Å²) in [5.41, 5.74) is 3.72. The number of benzene rings is 2. The van der Waals surface area contributed by atoms with E-state index in [-0.39, 0.29) is 24.7 Å². The standard InChI is InChI=1S/C31H38N2O10/c1-18(30(36)37)8-28(34)32-14-20-10-24(40-3)26(12-22(20)16-32)42-6-5-7-43-27-13-23-17-33(15-21(23)11-25(27)41-4)29(35)9-19(2)31(38)39/h10-13,18-19H,5-9,14-17H2,1-4H3,(H,36,37)(H,38,39)/t18-,19-/m0/s1. The summed E-state index contributed by atoms with van der Waals surface area (Å²) in [6, 6.07) is 7.41. The molecule has 0 aromatic heterocycles. The molecule has 2 amide bonds. The van der Waals surface area contributed by atoms with Crippen molar-refractivity contribution in [2.75, 3.05) is 27.4 Å². The van der Waals surface area contributed by atoms with Gasteiger partial charge in [0.05, 0.1) is 39.3 Å². The lowest BCUT2D eigenvalue weighted by Crippen LogP contribution is -2.28. The van der Waals surface area contributed by atoms with Crippen LogP contribution in [0.1, 0.15) is 55.4 Å². The van der Waals surface area contributed by atoms with E-state index in [0.29, 0.717) is 68.8 Å². The Morgan fingerprint density at radius 1 is 0.651 bits per heavy atom. The second kappa shape index (κ2) is 13.7. The Morgan fingerprint density at radius 3 is 1.28 bits per heavy atom. The quantitative estimate of drug-likeness (QED) is 0.309. The maximum absolute atomic E-state index is 12.6. The number of rotatable bonds is 14. The first kappa shape index (κ1) is 31.5. The van der Waals surface area contributed by atoms with Gasteiger partial charge in [0, 0.05) is 45.4 Å². The van der Waals surface area contributed by atoms with E-state index in [1.165, 1.54) is 13.8 Å². The van der Waals surface area contributed by atoms with Gasteiger partial charge in [-0.15, -0.1) is 0 Å². The SMILES string of the molecule is COc1cc2c(cc1OCCCOc1cc3c(cc1OC)CN(C(=O)C[C@H](C)C(=O)O)C3)CN(C(=O)C[C@H](C)C(=O)O)C2. The first-order valence-electron chi connectivity index (χ1n) is 14.2. The molecule has 2 aromatic carbocycles. The molecule has 0 saturated carbocycles. The Hall–Kier alpha value is -4.48. The van der Waals surface area contributed by atoms with Gasteiger partial charge in [-0.3, -0.25) is 19.2 Å². The van der Waals surface area contributed by atoms with Crippen LogP contribution in [0.2, 0.25) is 0 Å². The molecule has 2 N–H and O–H groups in total. The van der Waals surface area contributed by atoms with Gasteiger partial charge < -0.3 is 39.0 Å². The highest BCUT2D eigenvalue weighted by atomic mass is 16.5. The van der Waals surface area contributed by atoms with Gasteiger partial charge in [-0.25, -0.2) is 0 Å². The highest BCUT2D eigenvalue weighted by Crippen LogP contribution is 2.37. The summed E-state index contributed by atoms with van der Waals surface area (Å²) in [5, 5.41) is 18.2. The third-order valence-electron chi connectivity index (χ3n) is 7.73. The summed E-state index contributed by atoms with van der Waals surface area (Å²) in [7, 11) is 3.09. The predicted molar refractivity (Wildman–Crippen MR) is 153 cm³/mol. The molecule has 12 nitrogen and oxygen atoms in total. The van der Waals surface area contributed by atoms with Crippen LogP contribution in [0.5, 0.6) is 23.0 Å². The molecule has 0 spiro atoms. The van der Waals surface area contributed by atoms with Crippen LogP contribution in [0, 0.1) is 11.8 Å². The first-order chi connectivity index (χ1) is 20.5. The van der Waals surface area contributed by atoms with E-state index in [2.05, 4.69) is 0 Å². The highest BCUT2D eigenvalue weighted by Gasteiger charge is 2.29. The Kier molecular flexibility index (Phi) is 9.99. The Bertz CT molecular complexity index is 1290. The van der Waals surface area contributed by atoms with E-state index < -0.39 is 23.8 Å². The van der Waals surface area contributed by atoms with Crippen molar-refractivity contribution in [1.29, 1.82) is 0 Å². The van der Waals surface area contributed by atoms with Crippen molar-refractivity contribution in [2.24, 2.45) is 11.8 Å². The summed E-state index contributed by atoms with van der Waals surface area (Å²) >= 11 is 0. The fraction of sp³-hybridized carbons (Fsp3) is 0.484. The molecule has 43 heavy (non-hydrogen) atoms. The summed E-state index contributed by atoms with van der Waals surface area (Å²) in [5.74, 6) is -1.72. The lowest BCUT2D eigenvalue weighted by Gasteiger charge is -2.16. The van der Waals surface area contributed by atoms with Gasteiger partial charge >= 0.3 is 11.9 Å². The van der Waals surface area contributed by atoms with Gasteiger partial charge in [0.1, 0.15) is 0 Å². The first-order valence-corrected chi connectivity index (χ1v) is 14.2. The molecule has 2 atom stereocenters. The third kappa shape index (κ3) is 7.49. The lowest BCUT2D eigenvalue weighted by molar-refractivity contribution is -0.145. The number of carboxylic acids is 2. The van der Waals surface area contributed by atoms with Crippen LogP contribution in [0.4, 0.5) is 0 Å². The highest BCUT2D eigenvalue weighted by molar-refractivity contribution is 5.83. The predicted octanol–water partition coefficient (Wildman–Crippen LogP) is 3.46. The molecule has 2 aliphatic rings. The minimum absolute atomic E-state index is 0.0543. The number of methoxy groups -OCH3 is 2. The molecule has 0 radical (unpaired) electrons. The zero-order valence-corrected chi connectivity index (χ0v) is 24.9. The molecule has 0 bridgehead atoms. The molecular formula is C31H38N2O10. The number of nitrogens with zero attached hydrogens (tertiary/aromatic N) is 2. The third-order valence-corrected chi connectivity index (χ3v) is 7.73. The van der Waals surface area contributed by atoms with Crippen molar-refractivity contribution in [3.05, 3.63) is 46.5 Å². The largest absolute Gasteiger partial charge is 0.493 e. The normalized spacial score (nSPS) is 14.9. The fourth-order valence-corrected chi connectivity index (χ4v) is 5.09. The van der Waals surface area contributed by atoms with Crippen molar-refractivity contribution >= 4 is 23.8 Å². The zero-order valence-electron chi connectivity index (χ0n) is 24.9. The summed E-state index contributed by atoms with van der Waals surface area (Å²) in [6.45, 7) is 5.25. The van der Waals surface area contributed by atoms with E-state index in [0.717, 1.165) is 22.3 Å². The minimum Gasteiger partial charge on any atom is -0.493 e. The van der Waals surface area contributed by atoms with Gasteiger partial charge in [-0.2, -0.15) is 0 Å². The maximum atomic E-state index is 12.6. The monoisotopic (exact) mass is 598 g/mol. The van der Waals surface area contributed by atoms with Crippen molar-refractivity contribution in [3.63, 3.8) is 0 Å². The molecule has 232 valence electrons. The summed E-state index contributed by atoms with van der Waals surface area (Å²) < 4.78 is 23.0. The van der Waals surface area contributed by atoms with E-state index in [1.54, 1.807) is 24.0 Å². The van der Waals surface area contributed by atoms with Crippen LogP contribution in [-0.4, -0.2) is 71.2 Å². The second-order valence-electron chi connectivity index (χ2n) is 11.0. The average Bonchev–Trinajstić information content (AvgIpc) is 3.59. The molecule has 0 unspecified atom stereocenters. The maximum Gasteiger partial charge on any atom is 0.306 e. The van der Waals surface area contributed by atoms with Gasteiger partial charge in [0.2, 0.25) is 11.8 Å². The van der Waals surface area contributed by atoms with E-state index in [1.807, 2.05) is 24.3 Å². The van der Waals surface area contributed by atoms with Crippen LogP contribution < -0.4 is 18.9 Å². The van der Waals surface area contributed by atoms with Gasteiger partial charge in [0.25, 0.3) is 0 Å². The number of carbonyl (C=O) groups excluding carboxylic acids is 2. The molecule has 2 aromatic rings. The number of hydrogen-bond acceptors (Lipinski definition) is 8. The summed E-state index contributed by atoms with van der Waals surface area (Å²) in [6.07, 6.45) is 0.443. The number of aliphatic carboxylic acids is 2. The van der Waals surface area contributed by atoms with E-state index >= 15 is 0 Å². The van der Waals surface area contributed by atoms with Gasteiger partial charge in [-0.1, -0.05) is 13.8 Å². The van der Waals surface area contributed by atoms with Crippen LogP contribution in [-0.2, 0) is 45.4 Å². The van der Waals surface area contributed by atoms with E-state index in [4.69, 9.17) is 29.2 Å². The minimum atomic E-state index is -0.996. The van der Waals surface area contributed by atoms with Crippen molar-refractivity contribution < 1.29 is 48.3 Å². The smallest absolute Gasteiger partial charge is 0.306 e. The molecular weight excluding hydrogens is 560 g/mol. The van der Waals surface area contributed by atoms with Gasteiger partial charge in [0.15, 0.2) is 23.0 Å². The number of carbonyl (C=O) groups is 4. The molecule has 2 heterocycles. The van der Waals surface area contributed by atoms with Crippen LogP contribution >= 0.6 is 0 Å². The molecule has 0 saturated heterocycles. The number of ether oxygens (including phenoxy) is 4.